The van der Waals surface area contributed by atoms with Gasteiger partial charge in [0.15, 0.2) is 0 Å². The van der Waals surface area contributed by atoms with Crippen LogP contribution in [0.2, 0.25) is 0 Å². The Morgan fingerprint density at radius 2 is 1.19 bits per heavy atom. The van der Waals surface area contributed by atoms with Crippen molar-refractivity contribution in [3.63, 3.8) is 0 Å². The van der Waals surface area contributed by atoms with Crippen molar-refractivity contribution in [2.75, 3.05) is 0 Å². The van der Waals surface area contributed by atoms with Gasteiger partial charge in [0, 0.05) is 28.9 Å². The van der Waals surface area contributed by atoms with Crippen LogP contribution in [0.15, 0.2) is 85.2 Å². The third-order valence-electron chi connectivity index (χ3n) is 7.80. The molecule has 2 aromatic carbocycles. The fraction of sp³-hybridized carbons (Fsp3) is 0.474. The van der Waals surface area contributed by atoms with Gasteiger partial charge in [-0.3, -0.25) is 9.97 Å². The summed E-state index contributed by atoms with van der Waals surface area (Å²) in [7, 11) is 2.86. The summed E-state index contributed by atoms with van der Waals surface area (Å²) in [5.41, 5.74) is 7.85. The second kappa shape index (κ2) is 14.2. The maximum atomic E-state index is 4.93. The molecule has 0 bridgehead atoms. The Labute approximate surface area is 277 Å². The maximum Gasteiger partial charge on any atom is 2.00 e. The SMILES string of the molecule is CC(C)(C)c1cc(C(P)(c2ccccn2)c2ccccn2)c(CP(C(C)(C)C)C(C)(C)C)[c-]1C(C)(C)C.[Fe+2].c1cc[cH-]c1. The van der Waals surface area contributed by atoms with Crippen LogP contribution in [0.1, 0.15) is 117 Å². The zero-order chi connectivity index (χ0) is 31.6. The molecule has 0 radical (unpaired) electrons. The molecule has 2 heterocycles. The van der Waals surface area contributed by atoms with E-state index in [0.717, 1.165) is 17.5 Å². The van der Waals surface area contributed by atoms with E-state index in [9.17, 15) is 0 Å². The first-order valence-electron chi connectivity index (χ1n) is 15.2. The molecule has 43 heavy (non-hydrogen) atoms. The van der Waals surface area contributed by atoms with Gasteiger partial charge in [-0.1, -0.05) is 109 Å². The number of aromatic nitrogens is 2. The van der Waals surface area contributed by atoms with Crippen LogP contribution in [-0.4, -0.2) is 20.3 Å². The minimum Gasteiger partial charge on any atom is -0.261 e. The second-order valence-corrected chi connectivity index (χ2v) is 20.2. The van der Waals surface area contributed by atoms with Crippen molar-refractivity contribution in [2.24, 2.45) is 0 Å². The normalized spacial score (nSPS) is 12.9. The quantitative estimate of drug-likeness (QED) is 0.121. The van der Waals surface area contributed by atoms with Crippen molar-refractivity contribution in [1.29, 1.82) is 0 Å². The molecule has 2 aromatic heterocycles. The molecule has 4 aromatic rings. The summed E-state index contributed by atoms with van der Waals surface area (Å²) in [6.45, 7) is 28.8. The largest absolute Gasteiger partial charge is 2.00 e. The summed E-state index contributed by atoms with van der Waals surface area (Å²) in [6, 6.07) is 25.0. The fourth-order valence-electron chi connectivity index (χ4n) is 6.12. The molecule has 0 saturated heterocycles. The van der Waals surface area contributed by atoms with E-state index in [0.29, 0.717) is 0 Å². The van der Waals surface area contributed by atoms with E-state index in [-0.39, 0.29) is 46.1 Å². The smallest absolute Gasteiger partial charge is 0.261 e. The van der Waals surface area contributed by atoms with E-state index in [1.807, 2.05) is 54.9 Å². The van der Waals surface area contributed by atoms with Crippen molar-refractivity contribution < 1.29 is 17.1 Å². The predicted molar refractivity (Wildman–Crippen MR) is 190 cm³/mol. The topological polar surface area (TPSA) is 25.8 Å². The summed E-state index contributed by atoms with van der Waals surface area (Å²) in [5, 5.41) is -0.102. The minimum atomic E-state index is -0.544. The third kappa shape index (κ3) is 8.98. The summed E-state index contributed by atoms with van der Waals surface area (Å²) < 4.78 is 0. The maximum absolute atomic E-state index is 4.93. The average molecular weight is 657 g/mol. The molecule has 5 heteroatoms. The van der Waals surface area contributed by atoms with Gasteiger partial charge in [0.1, 0.15) is 0 Å². The molecule has 0 aliphatic rings. The molecule has 4 rings (SSSR count). The Balaban J connectivity index is 0.000000973. The van der Waals surface area contributed by atoms with Gasteiger partial charge in [0.2, 0.25) is 0 Å². The van der Waals surface area contributed by atoms with E-state index in [1.54, 1.807) is 0 Å². The van der Waals surface area contributed by atoms with Crippen molar-refractivity contribution >= 4 is 17.2 Å². The van der Waals surface area contributed by atoms with Crippen molar-refractivity contribution in [2.45, 2.75) is 116 Å². The molecule has 0 aliphatic carbocycles. The summed E-state index contributed by atoms with van der Waals surface area (Å²) >= 11 is 0. The van der Waals surface area contributed by atoms with Gasteiger partial charge in [-0.05, 0) is 46.2 Å². The number of hydrogen-bond donors (Lipinski definition) is 0. The van der Waals surface area contributed by atoms with E-state index in [2.05, 4.69) is 123 Å². The van der Waals surface area contributed by atoms with Gasteiger partial charge in [-0.15, -0.1) is 14.8 Å². The van der Waals surface area contributed by atoms with E-state index < -0.39 is 5.16 Å². The first-order chi connectivity index (χ1) is 19.3. The first kappa shape index (κ1) is 37.6. The number of pyridine rings is 2. The van der Waals surface area contributed by atoms with Gasteiger partial charge in [0.25, 0.3) is 0 Å². The Kier molecular flexibility index (Phi) is 12.4. The van der Waals surface area contributed by atoms with Crippen LogP contribution >= 0.6 is 17.2 Å². The van der Waals surface area contributed by atoms with Crippen molar-refractivity contribution in [1.82, 2.24) is 9.97 Å². The van der Waals surface area contributed by atoms with Crippen LogP contribution in [0.5, 0.6) is 0 Å². The standard InChI is InChI=1S/C33H49N2P2.C5H5.Fe/c1-29(2,3)25-21-24(33(36,26-17-13-15-19-34-26)27-18-14-16-20-35-27)23(28(25)30(4,5)6)22-37(31(7,8)9)32(10,11)12;1-2-4-5-3-1;/h13-21H,22,36H2,1-12H3;1-5H;/q2*-1;+2. The van der Waals surface area contributed by atoms with Gasteiger partial charge in [-0.25, -0.2) is 18.2 Å². The molecule has 0 amide bonds. The molecule has 2 nitrogen and oxygen atoms in total. The Bertz CT molecular complexity index is 1310. The molecule has 0 aliphatic heterocycles. The molecule has 0 N–H and O–H groups in total. The number of nitrogens with zero attached hydrogens (tertiary/aromatic N) is 2. The molecule has 0 spiro atoms. The van der Waals surface area contributed by atoms with Crippen LogP contribution in [0.4, 0.5) is 0 Å². The van der Waals surface area contributed by atoms with Gasteiger partial charge >= 0.3 is 17.1 Å². The van der Waals surface area contributed by atoms with Crippen LogP contribution in [0.3, 0.4) is 0 Å². The Hall–Kier alpha value is -1.62. The summed E-state index contributed by atoms with van der Waals surface area (Å²) in [6.07, 6.45) is 4.90. The average Bonchev–Trinajstić information content (AvgIpc) is 3.58. The first-order valence-corrected chi connectivity index (χ1v) is 17.3. The van der Waals surface area contributed by atoms with Gasteiger partial charge < -0.3 is 0 Å². The molecule has 234 valence electrons. The fourth-order valence-corrected chi connectivity index (χ4v) is 10.3. The Morgan fingerprint density at radius 1 is 0.721 bits per heavy atom. The van der Waals surface area contributed by atoms with E-state index in [4.69, 9.17) is 9.97 Å². The monoisotopic (exact) mass is 656 g/mol. The summed E-state index contributed by atoms with van der Waals surface area (Å²) in [5.74, 6) is 0. The molecule has 0 fully saturated rings. The third-order valence-corrected chi connectivity index (χ3v) is 12.6. The van der Waals surface area contributed by atoms with Crippen molar-refractivity contribution in [3.8, 4) is 0 Å². The van der Waals surface area contributed by atoms with Crippen LogP contribution in [0.25, 0.3) is 0 Å². The molecule has 1 unspecified atom stereocenters. The van der Waals surface area contributed by atoms with Crippen LogP contribution < -0.4 is 0 Å². The van der Waals surface area contributed by atoms with Gasteiger partial charge in [0.05, 0.1) is 0 Å². The van der Waals surface area contributed by atoms with Crippen LogP contribution in [-0.2, 0) is 39.2 Å². The second-order valence-electron chi connectivity index (χ2n) is 15.5. The van der Waals surface area contributed by atoms with E-state index in [1.165, 1.54) is 22.3 Å². The predicted octanol–water partition coefficient (Wildman–Crippen LogP) is 10.9. The molecular formula is C38H54FeN2P2. The van der Waals surface area contributed by atoms with Crippen LogP contribution in [0, 0.1) is 0 Å². The van der Waals surface area contributed by atoms with Gasteiger partial charge in [-0.2, -0.15) is 34.9 Å². The molecule has 1 atom stereocenters. The minimum absolute atomic E-state index is 0. The zero-order valence-electron chi connectivity index (χ0n) is 28.6. The van der Waals surface area contributed by atoms with Crippen molar-refractivity contribution in [3.05, 3.63) is 119 Å². The Morgan fingerprint density at radius 3 is 1.49 bits per heavy atom. The molecule has 0 saturated carbocycles. The zero-order valence-corrected chi connectivity index (χ0v) is 31.7. The number of hydrogen-bond acceptors (Lipinski definition) is 2. The van der Waals surface area contributed by atoms with E-state index >= 15 is 0 Å². The summed E-state index contributed by atoms with van der Waals surface area (Å²) in [4.78, 5) is 9.86. The number of rotatable bonds is 5. The molecular weight excluding hydrogens is 602 g/mol.